The Balaban J connectivity index is 2.00. The van der Waals surface area contributed by atoms with Crippen LogP contribution in [0.15, 0.2) is 35.4 Å². The number of hydrazone groups is 1. The maximum atomic E-state index is 12.0. The Bertz CT molecular complexity index is 833. The number of benzene rings is 2. The number of carbonyl (C=O) groups excluding carboxylic acids is 1. The number of rotatable bonds is 8. The Kier molecular flexibility index (Phi) is 7.05. The third-order valence-corrected chi connectivity index (χ3v) is 3.83. The molecule has 0 unspecified atom stereocenters. The van der Waals surface area contributed by atoms with Gasteiger partial charge in [0.1, 0.15) is 11.5 Å². The predicted molar refractivity (Wildman–Crippen MR) is 103 cm³/mol. The van der Waals surface area contributed by atoms with E-state index in [9.17, 15) is 4.79 Å². The van der Waals surface area contributed by atoms with Crippen LogP contribution < -0.4 is 24.4 Å². The Labute approximate surface area is 158 Å². The van der Waals surface area contributed by atoms with Crippen LogP contribution in [0.2, 0.25) is 0 Å². The molecule has 0 aromatic heterocycles. The van der Waals surface area contributed by atoms with E-state index < -0.39 is 0 Å². The summed E-state index contributed by atoms with van der Waals surface area (Å²) in [6.45, 7) is 3.76. The Morgan fingerprint density at radius 2 is 1.63 bits per heavy atom. The summed E-state index contributed by atoms with van der Waals surface area (Å²) in [6, 6.07) is 9.22. The molecule has 0 radical (unpaired) electrons. The second kappa shape index (κ2) is 9.47. The number of ether oxygens (including phenoxy) is 4. The van der Waals surface area contributed by atoms with Gasteiger partial charge in [0.15, 0.2) is 18.1 Å². The van der Waals surface area contributed by atoms with Gasteiger partial charge in [0, 0.05) is 11.6 Å². The van der Waals surface area contributed by atoms with Gasteiger partial charge in [0.2, 0.25) is 0 Å². The van der Waals surface area contributed by atoms with Gasteiger partial charge >= 0.3 is 0 Å². The third-order valence-electron chi connectivity index (χ3n) is 3.83. The van der Waals surface area contributed by atoms with E-state index in [0.717, 1.165) is 11.1 Å². The monoisotopic (exact) mass is 372 g/mol. The quantitative estimate of drug-likeness (QED) is 0.569. The van der Waals surface area contributed by atoms with Crippen LogP contribution >= 0.6 is 0 Å². The van der Waals surface area contributed by atoms with Gasteiger partial charge < -0.3 is 18.9 Å². The smallest absolute Gasteiger partial charge is 0.277 e. The van der Waals surface area contributed by atoms with Gasteiger partial charge in [-0.25, -0.2) is 5.43 Å². The summed E-state index contributed by atoms with van der Waals surface area (Å²) in [5.74, 6) is 1.92. The van der Waals surface area contributed by atoms with Crippen molar-refractivity contribution in [3.63, 3.8) is 0 Å². The first-order valence-electron chi connectivity index (χ1n) is 8.30. The second-order valence-electron chi connectivity index (χ2n) is 5.80. The predicted octanol–water partition coefficient (Wildman–Crippen LogP) is 2.86. The highest BCUT2D eigenvalue weighted by Crippen LogP contribution is 2.33. The summed E-state index contributed by atoms with van der Waals surface area (Å²) in [4.78, 5) is 12.0. The fourth-order valence-corrected chi connectivity index (χ4v) is 2.37. The summed E-state index contributed by atoms with van der Waals surface area (Å²) >= 11 is 0. The molecular formula is C20H24N2O5. The van der Waals surface area contributed by atoms with Gasteiger partial charge in [-0.15, -0.1) is 0 Å². The van der Waals surface area contributed by atoms with Crippen molar-refractivity contribution in [2.24, 2.45) is 5.10 Å². The molecule has 0 spiro atoms. The maximum Gasteiger partial charge on any atom is 0.277 e. The van der Waals surface area contributed by atoms with E-state index in [1.165, 1.54) is 20.4 Å². The van der Waals surface area contributed by atoms with Gasteiger partial charge in [-0.2, -0.15) is 5.10 Å². The van der Waals surface area contributed by atoms with E-state index in [1.807, 2.05) is 32.0 Å². The molecule has 0 atom stereocenters. The first-order valence-corrected chi connectivity index (χ1v) is 8.30. The van der Waals surface area contributed by atoms with E-state index in [2.05, 4.69) is 10.5 Å². The largest absolute Gasteiger partial charge is 0.496 e. The lowest BCUT2D eigenvalue weighted by Gasteiger charge is -2.12. The Morgan fingerprint density at radius 3 is 2.30 bits per heavy atom. The standard InChI is InChI=1S/C20H24N2O5/c1-13-6-7-14(2)16(8-13)27-12-20(23)22-21-11-15-9-18(25-4)19(26-5)10-17(15)24-3/h6-11H,12H2,1-5H3,(H,22,23)/b21-11-. The van der Waals surface area contributed by atoms with Crippen LogP contribution in [-0.2, 0) is 4.79 Å². The zero-order valence-electron chi connectivity index (χ0n) is 16.2. The fraction of sp³-hybridized carbons (Fsp3) is 0.300. The third kappa shape index (κ3) is 5.37. The maximum absolute atomic E-state index is 12.0. The van der Waals surface area contributed by atoms with Crippen LogP contribution in [-0.4, -0.2) is 40.1 Å². The molecule has 0 heterocycles. The molecule has 2 rings (SSSR count). The highest BCUT2D eigenvalue weighted by atomic mass is 16.5. The van der Waals surface area contributed by atoms with Crippen LogP contribution in [0.1, 0.15) is 16.7 Å². The van der Waals surface area contributed by atoms with Gasteiger partial charge in [-0.05, 0) is 37.1 Å². The molecule has 7 heteroatoms. The molecule has 0 aliphatic heterocycles. The van der Waals surface area contributed by atoms with Crippen molar-refractivity contribution in [2.45, 2.75) is 13.8 Å². The fourth-order valence-electron chi connectivity index (χ4n) is 2.37. The Hall–Kier alpha value is -3.22. The highest BCUT2D eigenvalue weighted by molar-refractivity contribution is 5.86. The topological polar surface area (TPSA) is 78.4 Å². The number of aryl methyl sites for hydroxylation is 2. The number of nitrogens with zero attached hydrogens (tertiary/aromatic N) is 1. The molecule has 1 amide bonds. The van der Waals surface area contributed by atoms with E-state index in [4.69, 9.17) is 18.9 Å². The lowest BCUT2D eigenvalue weighted by molar-refractivity contribution is -0.123. The lowest BCUT2D eigenvalue weighted by atomic mass is 10.1. The van der Waals surface area contributed by atoms with E-state index in [1.54, 1.807) is 19.2 Å². The SMILES string of the molecule is COc1cc(OC)c(OC)cc1/C=N\NC(=O)COc1cc(C)ccc1C. The van der Waals surface area contributed by atoms with Crippen molar-refractivity contribution in [3.8, 4) is 23.0 Å². The number of carbonyl (C=O) groups is 1. The first kappa shape index (κ1) is 20.1. The van der Waals surface area contributed by atoms with E-state index in [0.29, 0.717) is 28.6 Å². The molecule has 0 fully saturated rings. The molecule has 0 aliphatic carbocycles. The normalized spacial score (nSPS) is 10.6. The second-order valence-corrected chi connectivity index (χ2v) is 5.80. The number of amides is 1. The zero-order valence-corrected chi connectivity index (χ0v) is 16.2. The minimum atomic E-state index is -0.369. The lowest BCUT2D eigenvalue weighted by Crippen LogP contribution is -2.24. The molecule has 7 nitrogen and oxygen atoms in total. The van der Waals surface area contributed by atoms with Gasteiger partial charge in [-0.1, -0.05) is 12.1 Å². The van der Waals surface area contributed by atoms with Crippen molar-refractivity contribution in [1.82, 2.24) is 5.43 Å². The summed E-state index contributed by atoms with van der Waals surface area (Å²) in [5.41, 5.74) is 5.09. The molecular weight excluding hydrogens is 348 g/mol. The van der Waals surface area contributed by atoms with Gasteiger partial charge in [-0.3, -0.25) is 4.79 Å². The average Bonchev–Trinajstić information content (AvgIpc) is 2.68. The highest BCUT2D eigenvalue weighted by Gasteiger charge is 2.11. The van der Waals surface area contributed by atoms with Crippen molar-refractivity contribution in [1.29, 1.82) is 0 Å². The molecule has 0 saturated carbocycles. The summed E-state index contributed by atoms with van der Waals surface area (Å²) in [5, 5.41) is 3.95. The summed E-state index contributed by atoms with van der Waals surface area (Å²) < 4.78 is 21.4. The van der Waals surface area contributed by atoms with Crippen LogP contribution in [0.25, 0.3) is 0 Å². The molecule has 27 heavy (non-hydrogen) atoms. The summed E-state index contributed by atoms with van der Waals surface area (Å²) in [7, 11) is 4.62. The Morgan fingerprint density at radius 1 is 0.963 bits per heavy atom. The molecule has 1 N–H and O–H groups in total. The average molecular weight is 372 g/mol. The molecule has 0 saturated heterocycles. The van der Waals surface area contributed by atoms with Gasteiger partial charge in [0.05, 0.1) is 27.5 Å². The van der Waals surface area contributed by atoms with E-state index >= 15 is 0 Å². The molecule has 0 aliphatic rings. The minimum absolute atomic E-state index is 0.134. The van der Waals surface area contributed by atoms with Crippen LogP contribution in [0, 0.1) is 13.8 Å². The van der Waals surface area contributed by atoms with Crippen molar-refractivity contribution >= 4 is 12.1 Å². The number of hydrogen-bond donors (Lipinski definition) is 1. The number of methoxy groups -OCH3 is 3. The van der Waals surface area contributed by atoms with Crippen molar-refractivity contribution < 1.29 is 23.7 Å². The number of nitrogens with one attached hydrogen (secondary N) is 1. The van der Waals surface area contributed by atoms with E-state index in [-0.39, 0.29) is 12.5 Å². The molecule has 0 bridgehead atoms. The first-order chi connectivity index (χ1) is 13.0. The molecule has 2 aromatic rings. The van der Waals surface area contributed by atoms with Gasteiger partial charge in [0.25, 0.3) is 5.91 Å². The number of hydrogen-bond acceptors (Lipinski definition) is 6. The minimum Gasteiger partial charge on any atom is -0.496 e. The molecule has 2 aromatic carbocycles. The zero-order chi connectivity index (χ0) is 19.8. The molecule has 144 valence electrons. The van der Waals surface area contributed by atoms with Crippen LogP contribution in [0.5, 0.6) is 23.0 Å². The van der Waals surface area contributed by atoms with Crippen LogP contribution in [0.4, 0.5) is 0 Å². The van der Waals surface area contributed by atoms with Crippen molar-refractivity contribution in [3.05, 3.63) is 47.0 Å². The van der Waals surface area contributed by atoms with Crippen molar-refractivity contribution in [2.75, 3.05) is 27.9 Å². The summed E-state index contributed by atoms with van der Waals surface area (Å²) in [6.07, 6.45) is 1.47. The van der Waals surface area contributed by atoms with Crippen LogP contribution in [0.3, 0.4) is 0 Å².